The molecule has 0 amide bonds. The molecule has 0 rings (SSSR count). The van der Waals surface area contributed by atoms with E-state index in [2.05, 4.69) is 26.0 Å². The average molecular weight is 553 g/mol. The van der Waals surface area contributed by atoms with Gasteiger partial charge in [0.15, 0.2) is 6.10 Å². The van der Waals surface area contributed by atoms with E-state index in [0.29, 0.717) is 12.8 Å². The van der Waals surface area contributed by atoms with Gasteiger partial charge in [0.1, 0.15) is 6.61 Å². The first kappa shape index (κ1) is 37.6. The zero-order chi connectivity index (χ0) is 28.7. The summed E-state index contributed by atoms with van der Waals surface area (Å²) in [4.78, 5) is 24.1. The SMILES string of the molecule is CCCCC/C=C\CCCCCCCC(=O)OC[C@H](CO)OC(=O)CCCCCCCCCCCCCCC. The predicted octanol–water partition coefficient (Wildman–Crippen LogP) is 9.78. The number of ether oxygens (including phenoxy) is 2. The minimum atomic E-state index is -0.765. The second-order valence-electron chi connectivity index (χ2n) is 11.2. The summed E-state index contributed by atoms with van der Waals surface area (Å²) in [5.74, 6) is -0.597. The zero-order valence-corrected chi connectivity index (χ0v) is 25.9. The maximum Gasteiger partial charge on any atom is 0.306 e. The van der Waals surface area contributed by atoms with Gasteiger partial charge in [0.25, 0.3) is 0 Å². The van der Waals surface area contributed by atoms with Crippen molar-refractivity contribution in [1.29, 1.82) is 0 Å². The molecule has 5 nitrogen and oxygen atoms in total. The molecule has 0 bridgehead atoms. The molecule has 0 heterocycles. The van der Waals surface area contributed by atoms with E-state index in [9.17, 15) is 14.7 Å². The first-order valence-electron chi connectivity index (χ1n) is 16.7. The smallest absolute Gasteiger partial charge is 0.306 e. The summed E-state index contributed by atoms with van der Waals surface area (Å²) in [6, 6.07) is 0. The molecule has 39 heavy (non-hydrogen) atoms. The molecule has 0 saturated heterocycles. The van der Waals surface area contributed by atoms with Crippen molar-refractivity contribution in [3.63, 3.8) is 0 Å². The molecule has 0 aliphatic heterocycles. The van der Waals surface area contributed by atoms with Gasteiger partial charge in [0.05, 0.1) is 6.61 Å². The Morgan fingerprint density at radius 1 is 0.564 bits per heavy atom. The summed E-state index contributed by atoms with van der Waals surface area (Å²) in [7, 11) is 0. The Kier molecular flexibility index (Phi) is 30.1. The first-order valence-corrected chi connectivity index (χ1v) is 16.7. The molecule has 0 fully saturated rings. The van der Waals surface area contributed by atoms with Gasteiger partial charge in [-0.2, -0.15) is 0 Å². The van der Waals surface area contributed by atoms with Crippen LogP contribution in [0.2, 0.25) is 0 Å². The minimum absolute atomic E-state index is 0.0652. The molecule has 0 radical (unpaired) electrons. The largest absolute Gasteiger partial charge is 0.462 e. The third-order valence-electron chi connectivity index (χ3n) is 7.31. The highest BCUT2D eigenvalue weighted by Gasteiger charge is 2.16. The van der Waals surface area contributed by atoms with Crippen molar-refractivity contribution in [2.24, 2.45) is 0 Å². The lowest BCUT2D eigenvalue weighted by Gasteiger charge is -2.15. The van der Waals surface area contributed by atoms with E-state index in [1.54, 1.807) is 0 Å². The first-order chi connectivity index (χ1) is 19.1. The highest BCUT2D eigenvalue weighted by atomic mass is 16.6. The van der Waals surface area contributed by atoms with Crippen LogP contribution in [0.25, 0.3) is 0 Å². The van der Waals surface area contributed by atoms with Crippen LogP contribution in [0, 0.1) is 0 Å². The number of rotatable bonds is 30. The van der Waals surface area contributed by atoms with Crippen molar-refractivity contribution in [2.45, 2.75) is 180 Å². The molecule has 1 N–H and O–H groups in total. The van der Waals surface area contributed by atoms with E-state index < -0.39 is 6.10 Å². The molecular weight excluding hydrogens is 488 g/mol. The monoisotopic (exact) mass is 552 g/mol. The lowest BCUT2D eigenvalue weighted by molar-refractivity contribution is -0.161. The van der Waals surface area contributed by atoms with Crippen LogP contribution in [0.15, 0.2) is 12.2 Å². The van der Waals surface area contributed by atoms with Crippen molar-refractivity contribution in [3.8, 4) is 0 Å². The van der Waals surface area contributed by atoms with Gasteiger partial charge in [-0.3, -0.25) is 9.59 Å². The van der Waals surface area contributed by atoms with Gasteiger partial charge in [0, 0.05) is 12.8 Å². The number of hydrogen-bond acceptors (Lipinski definition) is 5. The lowest BCUT2D eigenvalue weighted by Crippen LogP contribution is -2.28. The van der Waals surface area contributed by atoms with Gasteiger partial charge in [-0.1, -0.05) is 135 Å². The molecule has 0 aliphatic carbocycles. The van der Waals surface area contributed by atoms with Crippen molar-refractivity contribution in [2.75, 3.05) is 13.2 Å². The predicted molar refractivity (Wildman–Crippen MR) is 164 cm³/mol. The molecule has 0 aromatic heterocycles. The van der Waals surface area contributed by atoms with Gasteiger partial charge in [-0.15, -0.1) is 0 Å². The number of allylic oxidation sites excluding steroid dienone is 2. The Labute approximate surface area is 241 Å². The summed E-state index contributed by atoms with van der Waals surface area (Å²) < 4.78 is 10.5. The Morgan fingerprint density at radius 3 is 1.44 bits per heavy atom. The van der Waals surface area contributed by atoms with Crippen LogP contribution in [0.5, 0.6) is 0 Å². The summed E-state index contributed by atoms with van der Waals surface area (Å²) in [6.45, 7) is 4.09. The molecule has 230 valence electrons. The van der Waals surface area contributed by atoms with Crippen molar-refractivity contribution < 1.29 is 24.2 Å². The van der Waals surface area contributed by atoms with E-state index in [1.165, 1.54) is 103 Å². The highest BCUT2D eigenvalue weighted by molar-refractivity contribution is 5.70. The Bertz CT molecular complexity index is 560. The van der Waals surface area contributed by atoms with E-state index >= 15 is 0 Å². The van der Waals surface area contributed by atoms with Crippen LogP contribution in [-0.4, -0.2) is 36.4 Å². The number of esters is 2. The number of unbranched alkanes of at least 4 members (excludes halogenated alkanes) is 20. The molecular formula is C34H64O5. The van der Waals surface area contributed by atoms with Crippen LogP contribution < -0.4 is 0 Å². The Morgan fingerprint density at radius 2 is 0.949 bits per heavy atom. The zero-order valence-electron chi connectivity index (χ0n) is 25.9. The maximum absolute atomic E-state index is 12.1. The minimum Gasteiger partial charge on any atom is -0.462 e. The third-order valence-corrected chi connectivity index (χ3v) is 7.31. The Hall–Kier alpha value is -1.36. The van der Waals surface area contributed by atoms with Crippen LogP contribution in [0.1, 0.15) is 174 Å². The average Bonchev–Trinajstić information content (AvgIpc) is 2.94. The van der Waals surface area contributed by atoms with Crippen molar-refractivity contribution in [1.82, 2.24) is 0 Å². The van der Waals surface area contributed by atoms with Crippen molar-refractivity contribution in [3.05, 3.63) is 12.2 Å². The van der Waals surface area contributed by atoms with Crippen LogP contribution in [0.3, 0.4) is 0 Å². The van der Waals surface area contributed by atoms with Gasteiger partial charge in [-0.25, -0.2) is 0 Å². The number of hydrogen-bond donors (Lipinski definition) is 1. The highest BCUT2D eigenvalue weighted by Crippen LogP contribution is 2.14. The lowest BCUT2D eigenvalue weighted by atomic mass is 10.0. The molecule has 0 unspecified atom stereocenters. The summed E-state index contributed by atoms with van der Waals surface area (Å²) in [5, 5.41) is 9.49. The molecule has 0 saturated carbocycles. The Balaban J connectivity index is 3.57. The van der Waals surface area contributed by atoms with E-state index in [-0.39, 0.29) is 25.2 Å². The fourth-order valence-corrected chi connectivity index (χ4v) is 4.72. The number of carbonyl (C=O) groups excluding carboxylic acids is 2. The summed E-state index contributed by atoms with van der Waals surface area (Å²) >= 11 is 0. The molecule has 0 aliphatic rings. The second kappa shape index (κ2) is 31.2. The maximum atomic E-state index is 12.1. The summed E-state index contributed by atoms with van der Waals surface area (Å²) in [5.41, 5.74) is 0. The fourth-order valence-electron chi connectivity index (χ4n) is 4.72. The normalized spacial score (nSPS) is 12.2. The van der Waals surface area contributed by atoms with Gasteiger partial charge in [-0.05, 0) is 38.5 Å². The van der Waals surface area contributed by atoms with Crippen molar-refractivity contribution >= 4 is 11.9 Å². The number of aliphatic hydroxyl groups excluding tert-OH is 1. The summed E-state index contributed by atoms with van der Waals surface area (Å²) in [6.07, 6.45) is 32.6. The van der Waals surface area contributed by atoms with Gasteiger partial charge >= 0.3 is 11.9 Å². The molecule has 0 aromatic carbocycles. The van der Waals surface area contributed by atoms with Crippen LogP contribution in [-0.2, 0) is 19.1 Å². The number of aliphatic hydroxyl groups is 1. The molecule has 1 atom stereocenters. The molecule has 5 heteroatoms. The fraction of sp³-hybridized carbons (Fsp3) is 0.882. The quantitative estimate of drug-likeness (QED) is 0.0545. The standard InChI is InChI=1S/C34H64O5/c1-3-5-7-9-11-13-15-17-19-21-23-25-27-29-34(37)39-32(30-35)31-38-33(36)28-26-24-22-20-18-16-14-12-10-8-6-4-2/h12,14,32,35H,3-11,13,15-31H2,1-2H3/b14-12-/t32-/m0/s1. The molecule has 0 aromatic rings. The van der Waals surface area contributed by atoms with Gasteiger partial charge in [0.2, 0.25) is 0 Å². The topological polar surface area (TPSA) is 72.8 Å². The number of carbonyl (C=O) groups is 2. The van der Waals surface area contributed by atoms with E-state index in [4.69, 9.17) is 9.47 Å². The van der Waals surface area contributed by atoms with E-state index in [1.807, 2.05) is 0 Å². The molecule has 0 spiro atoms. The van der Waals surface area contributed by atoms with Crippen LogP contribution in [0.4, 0.5) is 0 Å². The van der Waals surface area contributed by atoms with E-state index in [0.717, 1.165) is 44.9 Å². The van der Waals surface area contributed by atoms with Gasteiger partial charge < -0.3 is 14.6 Å². The van der Waals surface area contributed by atoms with Crippen LogP contribution >= 0.6 is 0 Å². The second-order valence-corrected chi connectivity index (χ2v) is 11.2. The third kappa shape index (κ3) is 29.4.